The second-order valence-electron chi connectivity index (χ2n) is 9.05. The zero-order chi connectivity index (χ0) is 25.8. The van der Waals surface area contributed by atoms with Gasteiger partial charge in [-0.15, -0.1) is 0 Å². The molecular formula is C21H33N6O7P. The van der Waals surface area contributed by atoms with Crippen LogP contribution in [0.15, 0.2) is 12.7 Å². The van der Waals surface area contributed by atoms with Crippen LogP contribution in [-0.4, -0.2) is 66.8 Å². The average molecular weight is 513 g/mol. The molecule has 3 unspecified atom stereocenters. The summed E-state index contributed by atoms with van der Waals surface area (Å²) in [5.41, 5.74) is 5.38. The Balaban J connectivity index is 1.75. The van der Waals surface area contributed by atoms with Crippen molar-refractivity contribution in [1.82, 2.24) is 24.6 Å². The zero-order valence-electron chi connectivity index (χ0n) is 20.3. The van der Waals surface area contributed by atoms with E-state index in [1.54, 1.807) is 31.7 Å². The van der Waals surface area contributed by atoms with E-state index in [-0.39, 0.29) is 24.8 Å². The topological polar surface area (TPSA) is 181 Å². The van der Waals surface area contributed by atoms with Gasteiger partial charge in [0.15, 0.2) is 17.6 Å². The van der Waals surface area contributed by atoms with Gasteiger partial charge < -0.3 is 29.4 Å². The summed E-state index contributed by atoms with van der Waals surface area (Å²) in [6, 6.07) is 0. The number of carbonyl (C=O) groups excluding carboxylic acids is 1. The number of rotatable bonds is 12. The fraction of sp³-hybridized carbons (Fsp3) is 0.667. The molecule has 14 heteroatoms. The Kier molecular flexibility index (Phi) is 8.47. The van der Waals surface area contributed by atoms with Crippen LogP contribution in [0.25, 0.3) is 11.2 Å². The molecule has 2 heterocycles. The molecule has 0 saturated heterocycles. The van der Waals surface area contributed by atoms with Crippen LogP contribution in [-0.2, 0) is 34.7 Å². The fourth-order valence-corrected chi connectivity index (χ4v) is 6.18. The molecule has 2 aromatic rings. The molecule has 194 valence electrons. The van der Waals surface area contributed by atoms with Gasteiger partial charge in [-0.2, -0.15) is 0 Å². The molecule has 13 nitrogen and oxygen atoms in total. The highest BCUT2D eigenvalue weighted by Crippen LogP contribution is 2.49. The molecule has 2 aromatic heterocycles. The maximum Gasteiger partial charge on any atom is 0.335 e. The maximum atomic E-state index is 13.9. The Labute approximate surface area is 203 Å². The number of nitrogens with one attached hydrogen (secondary N) is 1. The van der Waals surface area contributed by atoms with E-state index in [4.69, 9.17) is 19.7 Å². The van der Waals surface area contributed by atoms with Gasteiger partial charge in [-0.25, -0.2) is 24.8 Å². The molecule has 3 atom stereocenters. The number of aliphatic carboxylic acids is 1. The summed E-state index contributed by atoms with van der Waals surface area (Å²) in [6.07, 6.45) is 2.26. The lowest BCUT2D eigenvalue weighted by Gasteiger charge is -2.32. The van der Waals surface area contributed by atoms with Gasteiger partial charge in [-0.05, 0) is 40.5 Å². The lowest BCUT2D eigenvalue weighted by molar-refractivity contribution is -0.155. The molecule has 0 aromatic carbocycles. The van der Waals surface area contributed by atoms with Crippen molar-refractivity contribution < 1.29 is 33.3 Å². The second kappa shape index (κ2) is 11.0. The number of carboxylic acid groups (broad SMARTS) is 1. The third kappa shape index (κ3) is 6.54. The fourth-order valence-electron chi connectivity index (χ4n) is 3.98. The summed E-state index contributed by atoms with van der Waals surface area (Å²) in [4.78, 5) is 36.7. The normalized spacial score (nSPS) is 18.9. The quantitative estimate of drug-likeness (QED) is 0.279. The van der Waals surface area contributed by atoms with E-state index in [1.165, 1.54) is 13.3 Å². The van der Waals surface area contributed by atoms with Crippen LogP contribution in [0.2, 0.25) is 0 Å². The summed E-state index contributed by atoms with van der Waals surface area (Å²) in [6.45, 7) is 6.82. The van der Waals surface area contributed by atoms with Gasteiger partial charge in [0, 0.05) is 0 Å². The molecule has 0 bridgehead atoms. The molecule has 0 radical (unpaired) electrons. The first-order chi connectivity index (χ1) is 16.4. The molecule has 1 aliphatic carbocycles. The lowest BCUT2D eigenvalue weighted by atomic mass is 10.0. The Morgan fingerprint density at radius 2 is 1.91 bits per heavy atom. The van der Waals surface area contributed by atoms with E-state index < -0.39 is 43.6 Å². The molecule has 35 heavy (non-hydrogen) atoms. The minimum absolute atomic E-state index is 0.252. The number of esters is 1. The summed E-state index contributed by atoms with van der Waals surface area (Å²) in [5.74, 6) is -1.57. The van der Waals surface area contributed by atoms with Crippen molar-refractivity contribution >= 4 is 36.4 Å². The van der Waals surface area contributed by atoms with Crippen molar-refractivity contribution in [2.45, 2.75) is 83.8 Å². The molecule has 1 fully saturated rings. The number of ether oxygens (including phenoxy) is 2. The van der Waals surface area contributed by atoms with Gasteiger partial charge in [0.05, 0.1) is 25.1 Å². The van der Waals surface area contributed by atoms with Gasteiger partial charge >= 0.3 is 11.9 Å². The standard InChI is InChI=1S/C21H33N6O7P/c1-13(2)33-19(28)15(4)34-35(31,26-21(20(29)30)7-5-6-8-21)12-32-14(3)9-27-11-25-16-17(22)23-10-24-18(16)27/h10-11,13-15H,5-9,12H2,1-4H3,(H,26,31)(H,29,30)(H2,22,23,24). The van der Waals surface area contributed by atoms with Crippen molar-refractivity contribution in [3.8, 4) is 0 Å². The van der Waals surface area contributed by atoms with Crippen LogP contribution >= 0.6 is 7.52 Å². The number of imidazole rings is 1. The van der Waals surface area contributed by atoms with Gasteiger partial charge in [-0.1, -0.05) is 12.8 Å². The Morgan fingerprint density at radius 3 is 2.54 bits per heavy atom. The molecule has 0 amide bonds. The Hall–Kier alpha value is -2.60. The largest absolute Gasteiger partial charge is 0.480 e. The highest BCUT2D eigenvalue weighted by Gasteiger charge is 2.47. The van der Waals surface area contributed by atoms with E-state index in [0.717, 1.165) is 0 Å². The predicted octanol–water partition coefficient (Wildman–Crippen LogP) is 2.31. The van der Waals surface area contributed by atoms with E-state index in [9.17, 15) is 19.3 Å². The predicted molar refractivity (Wildman–Crippen MR) is 127 cm³/mol. The number of carbonyl (C=O) groups is 2. The van der Waals surface area contributed by atoms with Gasteiger partial charge in [0.25, 0.3) is 7.52 Å². The van der Waals surface area contributed by atoms with Crippen molar-refractivity contribution in [2.24, 2.45) is 0 Å². The number of nitrogens with two attached hydrogens (primary N) is 1. The second-order valence-corrected chi connectivity index (χ2v) is 11.1. The number of nitrogens with zero attached hydrogens (tertiary/aromatic N) is 4. The summed E-state index contributed by atoms with van der Waals surface area (Å²) < 4.78 is 32.2. The monoisotopic (exact) mass is 512 g/mol. The van der Waals surface area contributed by atoms with E-state index in [2.05, 4.69) is 20.0 Å². The van der Waals surface area contributed by atoms with E-state index in [0.29, 0.717) is 30.6 Å². The average Bonchev–Trinajstić information content (AvgIpc) is 3.41. The zero-order valence-corrected chi connectivity index (χ0v) is 21.2. The summed E-state index contributed by atoms with van der Waals surface area (Å²) in [7, 11) is -3.97. The third-order valence-corrected chi connectivity index (χ3v) is 7.59. The Morgan fingerprint density at radius 1 is 1.23 bits per heavy atom. The highest BCUT2D eigenvalue weighted by molar-refractivity contribution is 7.56. The van der Waals surface area contributed by atoms with Crippen LogP contribution in [0, 0.1) is 0 Å². The van der Waals surface area contributed by atoms with Crippen molar-refractivity contribution in [1.29, 1.82) is 0 Å². The number of fused-ring (bicyclic) bond motifs is 1. The van der Waals surface area contributed by atoms with Crippen LogP contribution in [0.1, 0.15) is 53.4 Å². The van der Waals surface area contributed by atoms with Crippen molar-refractivity contribution in [3.63, 3.8) is 0 Å². The number of anilines is 1. The Bertz CT molecular complexity index is 1100. The number of carboxylic acids is 1. The first kappa shape index (κ1) is 27.0. The van der Waals surface area contributed by atoms with E-state index >= 15 is 0 Å². The molecule has 1 aliphatic rings. The summed E-state index contributed by atoms with van der Waals surface area (Å²) in [5, 5.41) is 12.6. The van der Waals surface area contributed by atoms with Crippen LogP contribution < -0.4 is 10.8 Å². The lowest BCUT2D eigenvalue weighted by Crippen LogP contribution is -2.49. The van der Waals surface area contributed by atoms with Crippen LogP contribution in [0.3, 0.4) is 0 Å². The highest BCUT2D eigenvalue weighted by atomic mass is 31.2. The van der Waals surface area contributed by atoms with E-state index in [1.807, 2.05) is 0 Å². The minimum Gasteiger partial charge on any atom is -0.480 e. The number of nitrogen functional groups attached to an aromatic ring is 1. The van der Waals surface area contributed by atoms with Gasteiger partial charge in [-0.3, -0.25) is 9.36 Å². The molecular weight excluding hydrogens is 479 g/mol. The minimum atomic E-state index is -3.97. The van der Waals surface area contributed by atoms with Crippen LogP contribution in [0.5, 0.6) is 0 Å². The first-order valence-electron chi connectivity index (χ1n) is 11.5. The number of aromatic nitrogens is 4. The van der Waals surface area contributed by atoms with Crippen molar-refractivity contribution in [2.75, 3.05) is 12.1 Å². The number of hydrogen-bond donors (Lipinski definition) is 3. The van der Waals surface area contributed by atoms with Gasteiger partial charge in [0.1, 0.15) is 23.7 Å². The maximum absolute atomic E-state index is 13.9. The third-order valence-electron chi connectivity index (χ3n) is 5.68. The molecule has 4 N–H and O–H groups in total. The van der Waals surface area contributed by atoms with Crippen LogP contribution in [0.4, 0.5) is 5.82 Å². The van der Waals surface area contributed by atoms with Gasteiger partial charge in [0.2, 0.25) is 0 Å². The smallest absolute Gasteiger partial charge is 0.335 e. The molecule has 0 spiro atoms. The summed E-state index contributed by atoms with van der Waals surface area (Å²) >= 11 is 0. The molecule has 3 rings (SSSR count). The first-order valence-corrected chi connectivity index (χ1v) is 13.3. The number of hydrogen-bond acceptors (Lipinski definition) is 10. The molecule has 1 saturated carbocycles. The SMILES string of the molecule is CC(C)OC(=O)C(C)OP(=O)(COC(C)Cn1cnc2c(N)ncnc21)NC1(C(=O)O)CCCC1. The van der Waals surface area contributed by atoms with Crippen molar-refractivity contribution in [3.05, 3.63) is 12.7 Å². The molecule has 0 aliphatic heterocycles.